The van der Waals surface area contributed by atoms with Gasteiger partial charge in [-0.25, -0.2) is 4.79 Å². The smallest absolute Gasteiger partial charge is 0.326 e. The maximum atomic E-state index is 11.9. The molecule has 3 atom stereocenters. The predicted molar refractivity (Wildman–Crippen MR) is 52.7 cm³/mol. The van der Waals surface area contributed by atoms with Crippen molar-refractivity contribution in [2.75, 3.05) is 13.2 Å². The van der Waals surface area contributed by atoms with Crippen LogP contribution in [0.25, 0.3) is 0 Å². The Balaban J connectivity index is 2.06. The van der Waals surface area contributed by atoms with Crippen molar-refractivity contribution in [1.82, 2.24) is 4.90 Å². The highest BCUT2D eigenvalue weighted by Gasteiger charge is 2.41. The number of hydrogen-bond acceptors (Lipinski definition) is 4. The molecule has 2 heterocycles. The predicted octanol–water partition coefficient (Wildman–Crippen LogP) is -0.788. The Bertz CT molecular complexity index is 300. The van der Waals surface area contributed by atoms with Crippen molar-refractivity contribution in [2.24, 2.45) is 0 Å². The molecular formula is C10H15NO5. The summed E-state index contributed by atoms with van der Waals surface area (Å²) >= 11 is 0. The summed E-state index contributed by atoms with van der Waals surface area (Å²) in [4.78, 5) is 24.1. The van der Waals surface area contributed by atoms with E-state index in [4.69, 9.17) is 9.84 Å². The molecule has 0 spiro atoms. The van der Waals surface area contributed by atoms with Crippen LogP contribution in [-0.2, 0) is 14.3 Å². The second-order valence-corrected chi connectivity index (χ2v) is 4.24. The number of ether oxygens (including phenoxy) is 1. The van der Waals surface area contributed by atoms with E-state index in [0.717, 1.165) is 6.42 Å². The summed E-state index contributed by atoms with van der Waals surface area (Å²) in [6.45, 7) is 0.639. The Morgan fingerprint density at radius 2 is 2.12 bits per heavy atom. The van der Waals surface area contributed by atoms with Gasteiger partial charge in [-0.1, -0.05) is 0 Å². The number of rotatable bonds is 2. The van der Waals surface area contributed by atoms with Crippen molar-refractivity contribution in [1.29, 1.82) is 0 Å². The first-order valence-electron chi connectivity index (χ1n) is 5.42. The van der Waals surface area contributed by atoms with Crippen LogP contribution in [0.3, 0.4) is 0 Å². The van der Waals surface area contributed by atoms with Crippen LogP contribution >= 0.6 is 0 Å². The van der Waals surface area contributed by atoms with Crippen molar-refractivity contribution < 1.29 is 24.5 Å². The molecule has 0 unspecified atom stereocenters. The summed E-state index contributed by atoms with van der Waals surface area (Å²) < 4.78 is 5.22. The molecule has 0 aliphatic carbocycles. The lowest BCUT2D eigenvalue weighted by molar-refractivity contribution is -0.152. The highest BCUT2D eigenvalue weighted by atomic mass is 16.5. The minimum Gasteiger partial charge on any atom is -0.480 e. The molecule has 0 aromatic heterocycles. The molecule has 2 aliphatic rings. The average Bonchev–Trinajstić information content (AvgIpc) is 2.84. The molecule has 0 aromatic rings. The number of nitrogens with zero attached hydrogens (tertiary/aromatic N) is 1. The largest absolute Gasteiger partial charge is 0.480 e. The van der Waals surface area contributed by atoms with Gasteiger partial charge >= 0.3 is 5.97 Å². The second kappa shape index (κ2) is 4.39. The number of carboxylic acid groups (broad SMARTS) is 1. The third-order valence-electron chi connectivity index (χ3n) is 3.05. The lowest BCUT2D eigenvalue weighted by atomic mass is 10.2. The number of carbonyl (C=O) groups is 2. The minimum atomic E-state index is -1.07. The van der Waals surface area contributed by atoms with Gasteiger partial charge in [-0.2, -0.15) is 0 Å². The fraction of sp³-hybridized carbons (Fsp3) is 0.800. The number of β-amino-alcohol motifs (C(OH)–C–C–N with tert-alkyl or cyclic N) is 1. The number of aliphatic hydroxyl groups is 1. The Morgan fingerprint density at radius 3 is 2.69 bits per heavy atom. The van der Waals surface area contributed by atoms with E-state index in [1.165, 1.54) is 4.90 Å². The topological polar surface area (TPSA) is 87.1 Å². The van der Waals surface area contributed by atoms with E-state index in [0.29, 0.717) is 13.0 Å². The standard InChI is InChI=1S/C10H15NO5/c12-6-4-7(10(14)15)11(5-6)9(13)8-2-1-3-16-8/h6-8,12H,1-5H2,(H,14,15)/t6-,7+,8-/m1/s1. The first-order valence-corrected chi connectivity index (χ1v) is 5.42. The van der Waals surface area contributed by atoms with Gasteiger partial charge in [0, 0.05) is 19.6 Å². The van der Waals surface area contributed by atoms with Crippen LogP contribution in [0, 0.1) is 0 Å². The number of amides is 1. The minimum absolute atomic E-state index is 0.0929. The van der Waals surface area contributed by atoms with Crippen LogP contribution < -0.4 is 0 Å². The van der Waals surface area contributed by atoms with Crippen LogP contribution in [0.1, 0.15) is 19.3 Å². The molecule has 0 radical (unpaired) electrons. The zero-order valence-corrected chi connectivity index (χ0v) is 8.83. The van der Waals surface area contributed by atoms with Gasteiger partial charge in [0.05, 0.1) is 6.10 Å². The average molecular weight is 229 g/mol. The van der Waals surface area contributed by atoms with Crippen LogP contribution in [-0.4, -0.2) is 58.4 Å². The van der Waals surface area contributed by atoms with Crippen molar-refractivity contribution in [3.63, 3.8) is 0 Å². The Hall–Kier alpha value is -1.14. The van der Waals surface area contributed by atoms with Crippen molar-refractivity contribution in [3.05, 3.63) is 0 Å². The van der Waals surface area contributed by atoms with E-state index in [1.54, 1.807) is 0 Å². The molecule has 90 valence electrons. The van der Waals surface area contributed by atoms with Gasteiger partial charge in [0.15, 0.2) is 0 Å². The molecular weight excluding hydrogens is 214 g/mol. The van der Waals surface area contributed by atoms with E-state index >= 15 is 0 Å². The number of aliphatic carboxylic acids is 1. The molecule has 0 saturated carbocycles. The maximum absolute atomic E-state index is 11.9. The summed E-state index contributed by atoms with van der Waals surface area (Å²) in [5, 5.41) is 18.4. The molecule has 6 heteroatoms. The first kappa shape index (κ1) is 11.3. The summed E-state index contributed by atoms with van der Waals surface area (Å²) in [6.07, 6.45) is 0.300. The summed E-state index contributed by atoms with van der Waals surface area (Å²) in [5.41, 5.74) is 0. The van der Waals surface area contributed by atoms with Gasteiger partial charge in [-0.3, -0.25) is 4.79 Å². The van der Waals surface area contributed by atoms with Gasteiger partial charge in [-0.15, -0.1) is 0 Å². The molecule has 2 rings (SSSR count). The van der Waals surface area contributed by atoms with E-state index < -0.39 is 24.2 Å². The Morgan fingerprint density at radius 1 is 1.38 bits per heavy atom. The summed E-state index contributed by atoms with van der Waals surface area (Å²) in [7, 11) is 0. The molecule has 2 aliphatic heterocycles. The van der Waals surface area contributed by atoms with Crippen LogP contribution in [0.15, 0.2) is 0 Å². The molecule has 2 saturated heterocycles. The number of carbonyl (C=O) groups excluding carboxylic acids is 1. The molecule has 0 bridgehead atoms. The van der Waals surface area contributed by atoms with Gasteiger partial charge in [-0.05, 0) is 12.8 Å². The molecule has 2 fully saturated rings. The highest BCUT2D eigenvalue weighted by Crippen LogP contribution is 2.23. The fourth-order valence-corrected chi connectivity index (χ4v) is 2.25. The normalized spacial score (nSPS) is 34.3. The molecule has 16 heavy (non-hydrogen) atoms. The first-order chi connectivity index (χ1) is 7.59. The zero-order chi connectivity index (χ0) is 11.7. The molecule has 0 aromatic carbocycles. The van der Waals surface area contributed by atoms with Crippen molar-refractivity contribution >= 4 is 11.9 Å². The monoisotopic (exact) mass is 229 g/mol. The van der Waals surface area contributed by atoms with Crippen molar-refractivity contribution in [3.8, 4) is 0 Å². The van der Waals surface area contributed by atoms with E-state index in [-0.39, 0.29) is 18.9 Å². The van der Waals surface area contributed by atoms with Gasteiger partial charge in [0.2, 0.25) is 0 Å². The third kappa shape index (κ3) is 2.03. The van der Waals surface area contributed by atoms with Crippen molar-refractivity contribution in [2.45, 2.75) is 37.5 Å². The number of carboxylic acids is 1. The lowest BCUT2D eigenvalue weighted by Crippen LogP contribution is -2.45. The zero-order valence-electron chi connectivity index (χ0n) is 8.83. The maximum Gasteiger partial charge on any atom is 0.326 e. The Labute approximate surface area is 92.8 Å². The second-order valence-electron chi connectivity index (χ2n) is 4.24. The number of likely N-dealkylation sites (tertiary alicyclic amines) is 1. The van der Waals surface area contributed by atoms with Crippen LogP contribution in [0.4, 0.5) is 0 Å². The Kier molecular flexibility index (Phi) is 3.11. The molecule has 6 nitrogen and oxygen atoms in total. The van der Waals surface area contributed by atoms with Crippen LogP contribution in [0.5, 0.6) is 0 Å². The van der Waals surface area contributed by atoms with Gasteiger partial charge < -0.3 is 19.8 Å². The van der Waals surface area contributed by atoms with Crippen LogP contribution in [0.2, 0.25) is 0 Å². The van der Waals surface area contributed by atoms with E-state index in [9.17, 15) is 14.7 Å². The van der Waals surface area contributed by atoms with Gasteiger partial charge in [0.1, 0.15) is 12.1 Å². The fourth-order valence-electron chi connectivity index (χ4n) is 2.25. The van der Waals surface area contributed by atoms with Gasteiger partial charge in [0.25, 0.3) is 5.91 Å². The summed E-state index contributed by atoms with van der Waals surface area (Å²) in [5.74, 6) is -1.37. The number of hydrogen-bond donors (Lipinski definition) is 2. The molecule has 1 amide bonds. The quantitative estimate of drug-likeness (QED) is 0.648. The summed E-state index contributed by atoms with van der Waals surface area (Å²) in [6, 6.07) is -0.910. The lowest BCUT2D eigenvalue weighted by Gasteiger charge is -2.23. The number of aliphatic hydroxyl groups excluding tert-OH is 1. The van der Waals surface area contributed by atoms with E-state index in [2.05, 4.69) is 0 Å². The highest BCUT2D eigenvalue weighted by molar-refractivity contribution is 5.87. The molecule has 2 N–H and O–H groups in total. The SMILES string of the molecule is O=C(O)[C@@H]1C[C@@H](O)CN1C(=O)[C@H]1CCCO1. The third-order valence-corrected chi connectivity index (χ3v) is 3.05. The van der Waals surface area contributed by atoms with E-state index in [1.807, 2.05) is 0 Å².